The number of fused-ring (bicyclic) bond motifs is 1. The van der Waals surface area contributed by atoms with Gasteiger partial charge in [-0.25, -0.2) is 8.91 Å². The smallest absolute Gasteiger partial charge is 0.276 e. The van der Waals surface area contributed by atoms with Crippen molar-refractivity contribution in [1.29, 1.82) is 0 Å². The monoisotopic (exact) mass is 418 g/mol. The Bertz CT molecular complexity index is 1260. The van der Waals surface area contributed by atoms with E-state index in [-0.39, 0.29) is 30.2 Å². The van der Waals surface area contributed by atoms with Crippen LogP contribution in [0.3, 0.4) is 0 Å². The highest BCUT2D eigenvalue weighted by Gasteiger charge is 2.10. The summed E-state index contributed by atoms with van der Waals surface area (Å²) in [5.41, 5.74) is 3.78. The molecule has 4 rings (SSSR count). The Labute approximate surface area is 179 Å². The van der Waals surface area contributed by atoms with Crippen LogP contribution in [-0.4, -0.2) is 20.1 Å². The fourth-order valence-corrected chi connectivity index (χ4v) is 3.37. The fourth-order valence-electron chi connectivity index (χ4n) is 3.37. The second kappa shape index (κ2) is 8.95. The maximum Gasteiger partial charge on any atom is 0.276 e. The van der Waals surface area contributed by atoms with Crippen molar-refractivity contribution in [2.75, 3.05) is 0 Å². The standard InChI is InChI=1S/C24H23FN4O2/c1-2-17-3-5-18(6-4-17)16-26-23(30)11-12-28-13-14-29-22(24(28)31)15-21(27-29)19-7-9-20(25)10-8-19/h3-10,13-15H,2,11-12,16H2,1H3,(H,26,30). The van der Waals surface area contributed by atoms with Gasteiger partial charge in [0.15, 0.2) is 0 Å². The number of benzene rings is 2. The van der Waals surface area contributed by atoms with Gasteiger partial charge in [-0.05, 0) is 47.9 Å². The average molecular weight is 418 g/mol. The predicted octanol–water partition coefficient (Wildman–Crippen LogP) is 3.57. The molecule has 31 heavy (non-hydrogen) atoms. The minimum Gasteiger partial charge on any atom is -0.352 e. The quantitative estimate of drug-likeness (QED) is 0.499. The third-order valence-corrected chi connectivity index (χ3v) is 5.24. The molecule has 1 N–H and O–H groups in total. The average Bonchev–Trinajstić information content (AvgIpc) is 3.23. The lowest BCUT2D eigenvalue weighted by Crippen LogP contribution is -2.27. The second-order valence-electron chi connectivity index (χ2n) is 7.36. The third-order valence-electron chi connectivity index (χ3n) is 5.24. The molecule has 0 unspecified atom stereocenters. The molecule has 0 aliphatic carbocycles. The van der Waals surface area contributed by atoms with Crippen molar-refractivity contribution in [3.63, 3.8) is 0 Å². The normalized spacial score (nSPS) is 11.0. The molecule has 0 fully saturated rings. The molecule has 2 aromatic heterocycles. The number of aromatic nitrogens is 3. The van der Waals surface area contributed by atoms with Crippen molar-refractivity contribution in [1.82, 2.24) is 19.5 Å². The molecule has 0 atom stereocenters. The SMILES string of the molecule is CCc1ccc(CNC(=O)CCn2ccn3nc(-c4ccc(F)cc4)cc3c2=O)cc1. The van der Waals surface area contributed by atoms with Crippen LogP contribution >= 0.6 is 0 Å². The number of halogens is 1. The van der Waals surface area contributed by atoms with Gasteiger partial charge in [-0.2, -0.15) is 5.10 Å². The largest absolute Gasteiger partial charge is 0.352 e. The number of carbonyl (C=O) groups is 1. The van der Waals surface area contributed by atoms with Crippen molar-refractivity contribution >= 4 is 11.4 Å². The molecule has 2 aromatic carbocycles. The molecule has 0 aliphatic heterocycles. The van der Waals surface area contributed by atoms with Gasteiger partial charge in [0.25, 0.3) is 5.56 Å². The number of nitrogens with one attached hydrogen (secondary N) is 1. The lowest BCUT2D eigenvalue weighted by molar-refractivity contribution is -0.121. The Morgan fingerprint density at radius 3 is 2.45 bits per heavy atom. The van der Waals surface area contributed by atoms with Crippen LogP contribution in [-0.2, 0) is 24.3 Å². The molecule has 7 heteroatoms. The van der Waals surface area contributed by atoms with Gasteiger partial charge in [0.2, 0.25) is 5.91 Å². The van der Waals surface area contributed by atoms with Crippen LogP contribution in [0, 0.1) is 5.82 Å². The third kappa shape index (κ3) is 4.71. The molecule has 0 spiro atoms. The summed E-state index contributed by atoms with van der Waals surface area (Å²) in [7, 11) is 0. The van der Waals surface area contributed by atoms with Crippen molar-refractivity contribution in [3.8, 4) is 11.3 Å². The lowest BCUT2D eigenvalue weighted by Gasteiger charge is -2.08. The van der Waals surface area contributed by atoms with Crippen LogP contribution in [0.1, 0.15) is 24.5 Å². The number of hydrogen-bond acceptors (Lipinski definition) is 3. The summed E-state index contributed by atoms with van der Waals surface area (Å²) < 4.78 is 16.1. The van der Waals surface area contributed by atoms with E-state index in [2.05, 4.69) is 29.5 Å². The van der Waals surface area contributed by atoms with Gasteiger partial charge in [-0.1, -0.05) is 31.2 Å². The van der Waals surface area contributed by atoms with E-state index in [0.717, 1.165) is 17.5 Å². The van der Waals surface area contributed by atoms with Crippen molar-refractivity contribution in [2.45, 2.75) is 32.9 Å². The van der Waals surface area contributed by atoms with Crippen LogP contribution < -0.4 is 10.9 Å². The summed E-state index contributed by atoms with van der Waals surface area (Å²) in [6, 6.07) is 15.8. The molecular weight excluding hydrogens is 395 g/mol. The molecule has 158 valence electrons. The summed E-state index contributed by atoms with van der Waals surface area (Å²) >= 11 is 0. The van der Waals surface area contributed by atoms with Crippen LogP contribution in [0.15, 0.2) is 71.8 Å². The highest BCUT2D eigenvalue weighted by molar-refractivity contribution is 5.75. The van der Waals surface area contributed by atoms with E-state index in [1.807, 2.05) is 12.1 Å². The van der Waals surface area contributed by atoms with E-state index in [4.69, 9.17) is 0 Å². The van der Waals surface area contributed by atoms with Gasteiger partial charge in [0.1, 0.15) is 11.3 Å². The van der Waals surface area contributed by atoms with Crippen molar-refractivity contribution in [2.24, 2.45) is 0 Å². The van der Waals surface area contributed by atoms with Crippen LogP contribution in [0.5, 0.6) is 0 Å². The molecule has 6 nitrogen and oxygen atoms in total. The van der Waals surface area contributed by atoms with Crippen LogP contribution in [0.2, 0.25) is 0 Å². The van der Waals surface area contributed by atoms with E-state index >= 15 is 0 Å². The first-order chi connectivity index (χ1) is 15.0. The summed E-state index contributed by atoms with van der Waals surface area (Å²) in [6.45, 7) is 2.83. The maximum atomic E-state index is 13.1. The zero-order valence-corrected chi connectivity index (χ0v) is 17.2. The number of rotatable bonds is 7. The first kappa shape index (κ1) is 20.5. The molecule has 0 radical (unpaired) electrons. The van der Waals surface area contributed by atoms with E-state index in [1.54, 1.807) is 30.6 Å². The number of aryl methyl sites for hydroxylation is 2. The number of amides is 1. The first-order valence-corrected chi connectivity index (χ1v) is 10.2. The Morgan fingerprint density at radius 2 is 1.74 bits per heavy atom. The van der Waals surface area contributed by atoms with Gasteiger partial charge in [-0.15, -0.1) is 0 Å². The summed E-state index contributed by atoms with van der Waals surface area (Å²) in [6.07, 6.45) is 4.47. The van der Waals surface area contributed by atoms with Crippen molar-refractivity contribution in [3.05, 3.63) is 94.3 Å². The first-order valence-electron chi connectivity index (χ1n) is 10.2. The van der Waals surface area contributed by atoms with Gasteiger partial charge < -0.3 is 9.88 Å². The van der Waals surface area contributed by atoms with E-state index in [0.29, 0.717) is 17.8 Å². The molecule has 1 amide bonds. The molecule has 0 aliphatic rings. The lowest BCUT2D eigenvalue weighted by atomic mass is 10.1. The van der Waals surface area contributed by atoms with E-state index < -0.39 is 0 Å². The fraction of sp³-hybridized carbons (Fsp3) is 0.208. The number of hydrogen-bond donors (Lipinski definition) is 1. The zero-order valence-electron chi connectivity index (χ0n) is 17.2. The molecule has 0 saturated heterocycles. The summed E-state index contributed by atoms with van der Waals surface area (Å²) in [5.74, 6) is -0.446. The molecule has 0 saturated carbocycles. The van der Waals surface area contributed by atoms with Gasteiger partial charge in [-0.3, -0.25) is 9.59 Å². The summed E-state index contributed by atoms with van der Waals surface area (Å²) in [5, 5.41) is 7.28. The van der Waals surface area contributed by atoms with E-state index in [1.165, 1.54) is 26.8 Å². The Morgan fingerprint density at radius 1 is 1.03 bits per heavy atom. The maximum absolute atomic E-state index is 13.1. The van der Waals surface area contributed by atoms with E-state index in [9.17, 15) is 14.0 Å². The molecule has 4 aromatic rings. The second-order valence-corrected chi connectivity index (χ2v) is 7.36. The molecule has 2 heterocycles. The summed E-state index contributed by atoms with van der Waals surface area (Å²) in [4.78, 5) is 25.0. The predicted molar refractivity (Wildman–Crippen MR) is 117 cm³/mol. The Hall–Kier alpha value is -3.74. The van der Waals surface area contributed by atoms with Crippen LogP contribution in [0.25, 0.3) is 16.8 Å². The highest BCUT2D eigenvalue weighted by atomic mass is 19.1. The van der Waals surface area contributed by atoms with Gasteiger partial charge >= 0.3 is 0 Å². The topological polar surface area (TPSA) is 68.4 Å². The highest BCUT2D eigenvalue weighted by Crippen LogP contribution is 2.18. The zero-order chi connectivity index (χ0) is 21.8. The molecule has 0 bridgehead atoms. The van der Waals surface area contributed by atoms with Gasteiger partial charge in [0.05, 0.1) is 5.69 Å². The minimum atomic E-state index is -0.328. The van der Waals surface area contributed by atoms with Crippen molar-refractivity contribution < 1.29 is 9.18 Å². The Kier molecular flexibility index (Phi) is 5.93. The number of carbonyl (C=O) groups excluding carboxylic acids is 1. The Balaban J connectivity index is 1.41. The number of nitrogens with zero attached hydrogens (tertiary/aromatic N) is 3. The molecular formula is C24H23FN4O2. The van der Waals surface area contributed by atoms with Gasteiger partial charge in [0, 0.05) is 37.5 Å². The minimum absolute atomic E-state index is 0.119. The van der Waals surface area contributed by atoms with Crippen LogP contribution in [0.4, 0.5) is 4.39 Å².